The van der Waals surface area contributed by atoms with Crippen LogP contribution < -0.4 is 4.90 Å². The number of benzene rings is 3. The molecule has 1 saturated heterocycles. The SMILES string of the molecule is O=C(OC[C@H]1CCCO1)c1ccc2c(c1)N(Cc1cccc(F)c1)C(=O)c1ccccc1S2. The second-order valence-electron chi connectivity index (χ2n) is 8.04. The molecule has 0 unspecified atom stereocenters. The Morgan fingerprint density at radius 2 is 1.97 bits per heavy atom. The third-order valence-electron chi connectivity index (χ3n) is 5.72. The van der Waals surface area contributed by atoms with E-state index in [9.17, 15) is 14.0 Å². The first-order chi connectivity index (χ1) is 16.1. The Bertz CT molecular complexity index is 1210. The average molecular weight is 464 g/mol. The first-order valence-corrected chi connectivity index (χ1v) is 11.7. The molecule has 2 aliphatic heterocycles. The van der Waals surface area contributed by atoms with Gasteiger partial charge in [-0.1, -0.05) is 36.0 Å². The topological polar surface area (TPSA) is 55.8 Å². The monoisotopic (exact) mass is 463 g/mol. The Kier molecular flexibility index (Phi) is 6.15. The number of amides is 1. The summed E-state index contributed by atoms with van der Waals surface area (Å²) < 4.78 is 24.8. The maximum absolute atomic E-state index is 13.8. The number of esters is 1. The van der Waals surface area contributed by atoms with Gasteiger partial charge in [-0.05, 0) is 60.9 Å². The molecule has 1 amide bonds. The maximum atomic E-state index is 13.8. The lowest BCUT2D eigenvalue weighted by atomic mass is 10.1. The molecule has 0 bridgehead atoms. The molecule has 7 heteroatoms. The highest BCUT2D eigenvalue weighted by Crippen LogP contribution is 2.42. The Hall–Kier alpha value is -3.16. The number of rotatable bonds is 5. The van der Waals surface area contributed by atoms with Crippen molar-refractivity contribution in [3.63, 3.8) is 0 Å². The molecule has 1 fully saturated rings. The van der Waals surface area contributed by atoms with Crippen LogP contribution in [0.25, 0.3) is 0 Å². The lowest BCUT2D eigenvalue weighted by molar-refractivity contribution is 0.0161. The molecule has 2 aliphatic rings. The van der Waals surface area contributed by atoms with E-state index in [2.05, 4.69) is 0 Å². The van der Waals surface area contributed by atoms with E-state index in [1.54, 1.807) is 35.2 Å². The van der Waals surface area contributed by atoms with Crippen LogP contribution in [0.1, 0.15) is 39.1 Å². The van der Waals surface area contributed by atoms with Crippen LogP contribution in [0.4, 0.5) is 10.1 Å². The third kappa shape index (κ3) is 4.65. The standard InChI is InChI=1S/C26H22FNO4S/c27-19-6-3-5-17(13-19)15-28-22-14-18(26(30)32-16-20-7-4-12-31-20)10-11-24(22)33-23-9-2-1-8-21(23)25(28)29/h1-3,5-6,8-11,13-14,20H,4,7,12,15-16H2/t20-/m1/s1. The number of carbonyl (C=O) groups is 2. The number of hydrogen-bond donors (Lipinski definition) is 0. The van der Waals surface area contributed by atoms with Crippen molar-refractivity contribution in [2.75, 3.05) is 18.1 Å². The molecule has 0 aromatic heterocycles. The number of hydrogen-bond acceptors (Lipinski definition) is 5. The van der Waals surface area contributed by atoms with E-state index in [1.165, 1.54) is 23.9 Å². The molecule has 5 nitrogen and oxygen atoms in total. The summed E-state index contributed by atoms with van der Waals surface area (Å²) in [5, 5.41) is 0. The van der Waals surface area contributed by atoms with E-state index in [1.807, 2.05) is 24.3 Å². The highest BCUT2D eigenvalue weighted by atomic mass is 32.2. The second-order valence-corrected chi connectivity index (χ2v) is 9.12. The second kappa shape index (κ2) is 9.37. The van der Waals surface area contributed by atoms with Crippen molar-refractivity contribution in [3.8, 4) is 0 Å². The molecule has 0 spiro atoms. The summed E-state index contributed by atoms with van der Waals surface area (Å²) in [5.41, 5.74) is 2.18. The van der Waals surface area contributed by atoms with E-state index in [0.29, 0.717) is 29.0 Å². The molecule has 33 heavy (non-hydrogen) atoms. The Morgan fingerprint density at radius 3 is 2.79 bits per heavy atom. The third-order valence-corrected chi connectivity index (χ3v) is 6.86. The van der Waals surface area contributed by atoms with Crippen LogP contribution in [0.2, 0.25) is 0 Å². The fourth-order valence-electron chi connectivity index (χ4n) is 4.05. The number of anilines is 1. The van der Waals surface area contributed by atoms with E-state index in [-0.39, 0.29) is 31.0 Å². The van der Waals surface area contributed by atoms with E-state index >= 15 is 0 Å². The zero-order valence-electron chi connectivity index (χ0n) is 17.8. The minimum atomic E-state index is -0.460. The molecule has 0 N–H and O–H groups in total. The van der Waals surface area contributed by atoms with Crippen LogP contribution in [0, 0.1) is 5.82 Å². The van der Waals surface area contributed by atoms with Crippen molar-refractivity contribution in [2.24, 2.45) is 0 Å². The highest BCUT2D eigenvalue weighted by molar-refractivity contribution is 7.99. The molecule has 2 heterocycles. The number of halogens is 1. The predicted octanol–water partition coefficient (Wildman–Crippen LogP) is 5.47. The molecule has 3 aromatic rings. The molecule has 1 atom stereocenters. The van der Waals surface area contributed by atoms with Gasteiger partial charge in [0.1, 0.15) is 12.4 Å². The Labute approximate surface area is 195 Å². The van der Waals surface area contributed by atoms with E-state index in [0.717, 1.165) is 22.6 Å². The summed E-state index contributed by atoms with van der Waals surface area (Å²) in [7, 11) is 0. The molecule has 168 valence electrons. The van der Waals surface area contributed by atoms with E-state index in [4.69, 9.17) is 9.47 Å². The maximum Gasteiger partial charge on any atom is 0.338 e. The molecule has 5 rings (SSSR count). The number of ether oxygens (including phenoxy) is 2. The number of carbonyl (C=O) groups excluding carboxylic acids is 2. The van der Waals surface area contributed by atoms with Crippen molar-refractivity contribution in [1.82, 2.24) is 0 Å². The van der Waals surface area contributed by atoms with Crippen LogP contribution in [0.3, 0.4) is 0 Å². The van der Waals surface area contributed by atoms with Gasteiger partial charge in [0.15, 0.2) is 0 Å². The van der Waals surface area contributed by atoms with Gasteiger partial charge in [-0.25, -0.2) is 9.18 Å². The fourth-order valence-corrected chi connectivity index (χ4v) is 5.11. The predicted molar refractivity (Wildman–Crippen MR) is 123 cm³/mol. The fraction of sp³-hybridized carbons (Fsp3) is 0.231. The van der Waals surface area contributed by atoms with Crippen LogP contribution in [-0.4, -0.2) is 31.2 Å². The first-order valence-electron chi connectivity index (χ1n) is 10.8. The van der Waals surface area contributed by atoms with Crippen molar-refractivity contribution in [1.29, 1.82) is 0 Å². The molecule has 0 aliphatic carbocycles. The van der Waals surface area contributed by atoms with Crippen molar-refractivity contribution >= 4 is 29.3 Å². The van der Waals surface area contributed by atoms with Gasteiger partial charge < -0.3 is 14.4 Å². The van der Waals surface area contributed by atoms with Gasteiger partial charge >= 0.3 is 5.97 Å². The summed E-state index contributed by atoms with van der Waals surface area (Å²) >= 11 is 1.47. The first kappa shape index (κ1) is 21.7. The van der Waals surface area contributed by atoms with Crippen molar-refractivity contribution < 1.29 is 23.5 Å². The molecule has 3 aromatic carbocycles. The quantitative estimate of drug-likeness (QED) is 0.470. The highest BCUT2D eigenvalue weighted by Gasteiger charge is 2.28. The van der Waals surface area contributed by atoms with Gasteiger partial charge in [0.2, 0.25) is 0 Å². The van der Waals surface area contributed by atoms with Crippen LogP contribution in [-0.2, 0) is 16.0 Å². The van der Waals surface area contributed by atoms with Gasteiger partial charge in [-0.15, -0.1) is 0 Å². The van der Waals surface area contributed by atoms with Gasteiger partial charge in [0.25, 0.3) is 5.91 Å². The summed E-state index contributed by atoms with van der Waals surface area (Å²) in [6, 6.07) is 18.8. The van der Waals surface area contributed by atoms with Gasteiger partial charge in [-0.3, -0.25) is 4.79 Å². The molecule has 0 radical (unpaired) electrons. The largest absolute Gasteiger partial charge is 0.459 e. The zero-order chi connectivity index (χ0) is 22.8. The lowest BCUT2D eigenvalue weighted by Crippen LogP contribution is -2.30. The normalized spacial score (nSPS) is 17.3. The average Bonchev–Trinajstić information content (AvgIpc) is 3.31. The smallest absolute Gasteiger partial charge is 0.338 e. The summed E-state index contributed by atoms with van der Waals surface area (Å²) in [6.45, 7) is 1.07. The van der Waals surface area contributed by atoms with Gasteiger partial charge in [0, 0.05) is 16.4 Å². The summed E-state index contributed by atoms with van der Waals surface area (Å²) in [4.78, 5) is 29.6. The van der Waals surface area contributed by atoms with Crippen molar-refractivity contribution in [3.05, 3.63) is 89.2 Å². The van der Waals surface area contributed by atoms with Crippen LogP contribution >= 0.6 is 11.8 Å². The van der Waals surface area contributed by atoms with Gasteiger partial charge in [0.05, 0.1) is 29.5 Å². The minimum absolute atomic E-state index is 0.0640. The molecular weight excluding hydrogens is 441 g/mol. The number of fused-ring (bicyclic) bond motifs is 2. The summed E-state index contributed by atoms with van der Waals surface area (Å²) in [5.74, 6) is -1.03. The minimum Gasteiger partial charge on any atom is -0.459 e. The Morgan fingerprint density at radius 1 is 1.09 bits per heavy atom. The number of nitrogens with zero attached hydrogens (tertiary/aromatic N) is 1. The molecular formula is C26H22FNO4S. The zero-order valence-corrected chi connectivity index (χ0v) is 18.6. The lowest BCUT2D eigenvalue weighted by Gasteiger charge is -2.24. The van der Waals surface area contributed by atoms with Crippen LogP contribution in [0.5, 0.6) is 0 Å². The van der Waals surface area contributed by atoms with E-state index < -0.39 is 5.97 Å². The summed E-state index contributed by atoms with van der Waals surface area (Å²) in [6.07, 6.45) is 1.78. The van der Waals surface area contributed by atoms with Crippen molar-refractivity contribution in [2.45, 2.75) is 35.3 Å². The van der Waals surface area contributed by atoms with Crippen LogP contribution in [0.15, 0.2) is 76.5 Å². The van der Waals surface area contributed by atoms with Gasteiger partial charge in [-0.2, -0.15) is 0 Å². The Balaban J connectivity index is 1.49. The molecule has 0 saturated carbocycles.